The van der Waals surface area contributed by atoms with Crippen LogP contribution in [0, 0.1) is 6.92 Å². The fraction of sp³-hybridized carbons (Fsp3) is 0.238. The first-order valence-electron chi connectivity index (χ1n) is 8.98. The van der Waals surface area contributed by atoms with Gasteiger partial charge in [-0.05, 0) is 55.8 Å². The number of carbonyl (C=O) groups excluding carboxylic acids is 1. The first-order valence-corrected chi connectivity index (χ1v) is 8.98. The average Bonchev–Trinajstić information content (AvgIpc) is 2.73. The van der Waals surface area contributed by atoms with Crippen LogP contribution in [0.2, 0.25) is 0 Å². The van der Waals surface area contributed by atoms with Crippen molar-refractivity contribution >= 4 is 11.7 Å². The van der Waals surface area contributed by atoms with Gasteiger partial charge in [-0.3, -0.25) is 9.59 Å². The molecule has 0 unspecified atom stereocenters. The highest BCUT2D eigenvalue weighted by atomic mass is 16.5. The van der Waals surface area contributed by atoms with Gasteiger partial charge in [0.15, 0.2) is 5.75 Å². The van der Waals surface area contributed by atoms with Crippen LogP contribution in [0.3, 0.4) is 0 Å². The van der Waals surface area contributed by atoms with Crippen LogP contribution >= 0.6 is 0 Å². The van der Waals surface area contributed by atoms with Gasteiger partial charge < -0.3 is 14.8 Å². The predicted octanol–water partition coefficient (Wildman–Crippen LogP) is 2.83. The van der Waals surface area contributed by atoms with Crippen molar-refractivity contribution in [2.24, 2.45) is 0 Å². The number of hydrogen-bond donors (Lipinski definition) is 1. The molecule has 8 heteroatoms. The van der Waals surface area contributed by atoms with E-state index in [0.717, 1.165) is 15.8 Å². The molecule has 150 valence electrons. The Labute approximate surface area is 168 Å². The number of methoxy groups -OCH3 is 2. The Bertz CT molecular complexity index is 1080. The topological polar surface area (TPSA) is 95.3 Å². The van der Waals surface area contributed by atoms with E-state index in [1.54, 1.807) is 50.6 Å². The predicted molar refractivity (Wildman–Crippen MR) is 109 cm³/mol. The van der Waals surface area contributed by atoms with E-state index in [2.05, 4.69) is 15.4 Å². The van der Waals surface area contributed by atoms with Gasteiger partial charge in [-0.1, -0.05) is 0 Å². The maximum Gasteiger partial charge on any atom is 0.271 e. The minimum atomic E-state index is -0.854. The van der Waals surface area contributed by atoms with Crippen LogP contribution in [-0.4, -0.2) is 34.9 Å². The summed E-state index contributed by atoms with van der Waals surface area (Å²) >= 11 is 0. The van der Waals surface area contributed by atoms with Crippen LogP contribution in [0.5, 0.6) is 11.5 Å². The standard InChI is InChI=1S/C21H22N4O4/c1-13-9-10-22-18(11-13)23-21(27)14(2)25-19(26)12-17(29-4)20(24-25)15-5-7-16(28-3)8-6-15/h5-12,14H,1-4H3,(H,22,23,27)/t14-/m0/s1. The molecule has 1 amide bonds. The van der Waals surface area contributed by atoms with Crippen LogP contribution in [0.4, 0.5) is 5.82 Å². The fourth-order valence-electron chi connectivity index (χ4n) is 2.78. The van der Waals surface area contributed by atoms with Crippen LogP contribution in [-0.2, 0) is 4.79 Å². The zero-order valence-corrected chi connectivity index (χ0v) is 16.7. The van der Waals surface area contributed by atoms with Gasteiger partial charge in [0.05, 0.1) is 14.2 Å². The van der Waals surface area contributed by atoms with Gasteiger partial charge in [-0.2, -0.15) is 5.10 Å². The Morgan fingerprint density at radius 1 is 1.10 bits per heavy atom. The number of aromatic nitrogens is 3. The molecule has 0 spiro atoms. The fourth-order valence-corrected chi connectivity index (χ4v) is 2.78. The van der Waals surface area contributed by atoms with Gasteiger partial charge in [0, 0.05) is 17.8 Å². The molecule has 0 saturated carbocycles. The van der Waals surface area contributed by atoms with Crippen LogP contribution < -0.4 is 20.3 Å². The second-order valence-electron chi connectivity index (χ2n) is 6.46. The van der Waals surface area contributed by atoms with Crippen molar-refractivity contribution in [3.8, 4) is 22.8 Å². The first-order chi connectivity index (χ1) is 13.9. The number of pyridine rings is 1. The van der Waals surface area contributed by atoms with Gasteiger partial charge in [0.25, 0.3) is 5.56 Å². The summed E-state index contributed by atoms with van der Waals surface area (Å²) in [4.78, 5) is 29.3. The van der Waals surface area contributed by atoms with E-state index in [9.17, 15) is 9.59 Å². The molecular formula is C21H22N4O4. The normalized spacial score (nSPS) is 11.6. The molecule has 0 bridgehead atoms. The summed E-state index contributed by atoms with van der Waals surface area (Å²) in [6, 6.07) is 11.2. The van der Waals surface area contributed by atoms with E-state index in [4.69, 9.17) is 9.47 Å². The maximum absolute atomic E-state index is 12.7. The minimum Gasteiger partial charge on any atom is -0.497 e. The van der Waals surface area contributed by atoms with E-state index in [1.165, 1.54) is 13.2 Å². The number of anilines is 1. The zero-order valence-electron chi connectivity index (χ0n) is 16.7. The van der Waals surface area contributed by atoms with Crippen molar-refractivity contribution in [3.63, 3.8) is 0 Å². The number of carbonyl (C=O) groups is 1. The zero-order chi connectivity index (χ0) is 21.0. The monoisotopic (exact) mass is 394 g/mol. The molecule has 0 aliphatic heterocycles. The molecule has 0 aliphatic carbocycles. The van der Waals surface area contributed by atoms with Crippen molar-refractivity contribution in [1.29, 1.82) is 0 Å². The summed E-state index contributed by atoms with van der Waals surface area (Å²) in [5.41, 5.74) is 1.69. The maximum atomic E-state index is 12.7. The third kappa shape index (κ3) is 4.43. The van der Waals surface area contributed by atoms with Gasteiger partial charge in [-0.25, -0.2) is 9.67 Å². The Morgan fingerprint density at radius 2 is 1.83 bits per heavy atom. The molecule has 1 atom stereocenters. The summed E-state index contributed by atoms with van der Waals surface area (Å²) in [7, 11) is 3.05. The van der Waals surface area contributed by atoms with Crippen molar-refractivity contribution in [1.82, 2.24) is 14.8 Å². The van der Waals surface area contributed by atoms with E-state index >= 15 is 0 Å². The lowest BCUT2D eigenvalue weighted by molar-refractivity contribution is -0.119. The largest absolute Gasteiger partial charge is 0.497 e. The quantitative estimate of drug-likeness (QED) is 0.691. The van der Waals surface area contributed by atoms with E-state index in [-0.39, 0.29) is 0 Å². The lowest BCUT2D eigenvalue weighted by Crippen LogP contribution is -2.33. The summed E-state index contributed by atoms with van der Waals surface area (Å²) in [5.74, 6) is 1.03. The second-order valence-corrected chi connectivity index (χ2v) is 6.46. The molecule has 3 rings (SSSR count). The van der Waals surface area contributed by atoms with Crippen molar-refractivity contribution < 1.29 is 14.3 Å². The Hall–Kier alpha value is -3.68. The number of ether oxygens (including phenoxy) is 2. The lowest BCUT2D eigenvalue weighted by Gasteiger charge is -2.16. The van der Waals surface area contributed by atoms with Crippen molar-refractivity contribution in [3.05, 3.63) is 64.6 Å². The number of nitrogens with one attached hydrogen (secondary N) is 1. The number of aryl methyl sites for hydroxylation is 1. The van der Waals surface area contributed by atoms with Gasteiger partial charge >= 0.3 is 0 Å². The molecule has 3 aromatic rings. The average molecular weight is 394 g/mol. The molecule has 0 saturated heterocycles. The molecule has 2 heterocycles. The molecule has 1 N–H and O–H groups in total. The molecule has 1 aromatic carbocycles. The highest BCUT2D eigenvalue weighted by Gasteiger charge is 2.21. The molecule has 29 heavy (non-hydrogen) atoms. The van der Waals surface area contributed by atoms with E-state index in [1.807, 2.05) is 13.0 Å². The Kier molecular flexibility index (Phi) is 5.92. The lowest BCUT2D eigenvalue weighted by atomic mass is 10.1. The van der Waals surface area contributed by atoms with Gasteiger partial charge in [0.2, 0.25) is 5.91 Å². The summed E-state index contributed by atoms with van der Waals surface area (Å²) < 4.78 is 11.6. The molecular weight excluding hydrogens is 372 g/mol. The van der Waals surface area contributed by atoms with Crippen molar-refractivity contribution in [2.45, 2.75) is 19.9 Å². The molecule has 2 aromatic heterocycles. The van der Waals surface area contributed by atoms with Gasteiger partial charge in [-0.15, -0.1) is 0 Å². The van der Waals surface area contributed by atoms with E-state index < -0.39 is 17.5 Å². The Morgan fingerprint density at radius 3 is 2.45 bits per heavy atom. The molecule has 8 nitrogen and oxygen atoms in total. The summed E-state index contributed by atoms with van der Waals surface area (Å²) in [6.07, 6.45) is 1.61. The number of rotatable bonds is 6. The SMILES string of the molecule is COc1ccc(-c2nn([C@@H](C)C(=O)Nc3cc(C)ccn3)c(=O)cc2OC)cc1. The van der Waals surface area contributed by atoms with Crippen molar-refractivity contribution in [2.75, 3.05) is 19.5 Å². The second kappa shape index (κ2) is 8.55. The number of nitrogens with zero attached hydrogens (tertiary/aromatic N) is 3. The third-order valence-corrected chi connectivity index (χ3v) is 4.42. The first kappa shape index (κ1) is 20.1. The number of benzene rings is 1. The molecule has 0 aliphatic rings. The van der Waals surface area contributed by atoms with Crippen LogP contribution in [0.25, 0.3) is 11.3 Å². The third-order valence-electron chi connectivity index (χ3n) is 4.42. The summed E-state index contributed by atoms with van der Waals surface area (Å²) in [6.45, 7) is 3.50. The molecule has 0 fully saturated rings. The summed E-state index contributed by atoms with van der Waals surface area (Å²) in [5, 5.41) is 7.12. The van der Waals surface area contributed by atoms with E-state index in [0.29, 0.717) is 23.0 Å². The van der Waals surface area contributed by atoms with Crippen LogP contribution in [0.1, 0.15) is 18.5 Å². The van der Waals surface area contributed by atoms with Crippen LogP contribution in [0.15, 0.2) is 53.5 Å². The molecule has 0 radical (unpaired) electrons. The Balaban J connectivity index is 1.95. The highest BCUT2D eigenvalue weighted by molar-refractivity contribution is 5.92. The van der Waals surface area contributed by atoms with Gasteiger partial charge in [0.1, 0.15) is 23.3 Å². The minimum absolute atomic E-state index is 0.323. The smallest absolute Gasteiger partial charge is 0.271 e. The number of hydrogen-bond acceptors (Lipinski definition) is 6. The number of amides is 1. The highest BCUT2D eigenvalue weighted by Crippen LogP contribution is 2.28.